The van der Waals surface area contributed by atoms with Crippen molar-refractivity contribution >= 4 is 17.7 Å². The van der Waals surface area contributed by atoms with E-state index < -0.39 is 6.49 Å². The summed E-state index contributed by atoms with van der Waals surface area (Å²) >= 11 is 6.47. The first kappa shape index (κ1) is 15.5. The molecular formula is C12H26ClOP. The van der Waals surface area contributed by atoms with Crippen molar-refractivity contribution in [1.82, 2.24) is 0 Å². The Kier molecular flexibility index (Phi) is 4.57. The summed E-state index contributed by atoms with van der Waals surface area (Å²) in [6.45, 7) is 13.7. The third-order valence-electron chi connectivity index (χ3n) is 4.31. The van der Waals surface area contributed by atoms with E-state index in [2.05, 4.69) is 27.7 Å². The second-order valence-electron chi connectivity index (χ2n) is 6.15. The molecule has 1 nitrogen and oxygen atoms in total. The highest BCUT2D eigenvalue weighted by molar-refractivity contribution is 7.91. The van der Waals surface area contributed by atoms with E-state index in [9.17, 15) is 4.57 Å². The van der Waals surface area contributed by atoms with Crippen LogP contribution < -0.4 is 0 Å². The SMILES string of the molecule is CC(C)C(C)(C)P(=O)(Cl)C(C)(C)C(C)C. The molecule has 92 valence electrons. The molecule has 0 rings (SSSR count). The van der Waals surface area contributed by atoms with Crippen LogP contribution in [0.2, 0.25) is 0 Å². The highest BCUT2D eigenvalue weighted by Gasteiger charge is 2.52. The maximum Gasteiger partial charge on any atom is 0.180 e. The van der Waals surface area contributed by atoms with Gasteiger partial charge in [-0.2, -0.15) is 0 Å². The second kappa shape index (κ2) is 4.41. The van der Waals surface area contributed by atoms with Gasteiger partial charge in [-0.15, -0.1) is 0 Å². The van der Waals surface area contributed by atoms with Crippen LogP contribution in [0.15, 0.2) is 0 Å². The minimum Gasteiger partial charge on any atom is -0.305 e. The first-order valence-electron chi connectivity index (χ1n) is 5.69. The monoisotopic (exact) mass is 252 g/mol. The molecule has 0 spiro atoms. The maximum absolute atomic E-state index is 12.9. The molecule has 0 unspecified atom stereocenters. The van der Waals surface area contributed by atoms with Gasteiger partial charge >= 0.3 is 0 Å². The first-order valence-corrected chi connectivity index (χ1v) is 8.30. The summed E-state index contributed by atoms with van der Waals surface area (Å²) in [5.41, 5.74) is 0. The van der Waals surface area contributed by atoms with Crippen molar-refractivity contribution in [1.29, 1.82) is 0 Å². The van der Waals surface area contributed by atoms with Crippen molar-refractivity contribution in [3.63, 3.8) is 0 Å². The molecule has 0 aromatic heterocycles. The van der Waals surface area contributed by atoms with E-state index in [-0.39, 0.29) is 10.3 Å². The molecule has 3 heteroatoms. The molecule has 0 saturated carbocycles. The molecule has 0 bridgehead atoms. The lowest BCUT2D eigenvalue weighted by Crippen LogP contribution is -2.37. The third-order valence-corrected chi connectivity index (χ3v) is 10.9. The van der Waals surface area contributed by atoms with Gasteiger partial charge in [-0.25, -0.2) is 0 Å². The quantitative estimate of drug-likeness (QED) is 0.615. The topological polar surface area (TPSA) is 17.1 Å². The zero-order valence-corrected chi connectivity index (χ0v) is 13.0. The van der Waals surface area contributed by atoms with E-state index in [0.717, 1.165) is 0 Å². The summed E-state index contributed by atoms with van der Waals surface area (Å²) < 4.78 is 12.9. The molecule has 0 N–H and O–H groups in total. The van der Waals surface area contributed by atoms with E-state index in [1.807, 2.05) is 27.7 Å². The van der Waals surface area contributed by atoms with Crippen LogP contribution in [0.25, 0.3) is 0 Å². The standard InChI is InChI=1S/C12H26ClOP/c1-9(2)11(5,6)15(13,14)12(7,8)10(3)4/h9-10H,1-8H3. The summed E-state index contributed by atoms with van der Waals surface area (Å²) in [7, 11) is 0. The third kappa shape index (κ3) is 2.44. The molecule has 0 heterocycles. The van der Waals surface area contributed by atoms with Crippen LogP contribution in [-0.4, -0.2) is 10.3 Å². The fourth-order valence-corrected chi connectivity index (χ4v) is 5.39. The Balaban J connectivity index is 5.42. The Labute approximate surface area is 100 Å². The minimum atomic E-state index is -2.74. The van der Waals surface area contributed by atoms with E-state index in [1.165, 1.54) is 0 Å². The van der Waals surface area contributed by atoms with E-state index in [1.54, 1.807) is 0 Å². The average molecular weight is 253 g/mol. The van der Waals surface area contributed by atoms with Gasteiger partial charge in [0, 0.05) is 10.3 Å². The Morgan fingerprint density at radius 1 is 0.867 bits per heavy atom. The molecule has 15 heavy (non-hydrogen) atoms. The van der Waals surface area contributed by atoms with Gasteiger partial charge in [-0.05, 0) is 11.8 Å². The zero-order valence-electron chi connectivity index (χ0n) is 11.4. The Morgan fingerprint density at radius 2 is 1.07 bits per heavy atom. The van der Waals surface area contributed by atoms with Gasteiger partial charge in [-0.1, -0.05) is 66.6 Å². The fourth-order valence-electron chi connectivity index (χ4n) is 1.41. The number of hydrogen-bond acceptors (Lipinski definition) is 1. The fraction of sp³-hybridized carbons (Fsp3) is 1.00. The van der Waals surface area contributed by atoms with Gasteiger partial charge in [0.1, 0.15) is 0 Å². The van der Waals surface area contributed by atoms with Crippen molar-refractivity contribution < 1.29 is 4.57 Å². The predicted molar refractivity (Wildman–Crippen MR) is 71.3 cm³/mol. The van der Waals surface area contributed by atoms with Gasteiger partial charge in [0.15, 0.2) is 6.49 Å². The summed E-state index contributed by atoms with van der Waals surface area (Å²) in [6, 6.07) is 0. The van der Waals surface area contributed by atoms with E-state index >= 15 is 0 Å². The van der Waals surface area contributed by atoms with Crippen molar-refractivity contribution in [3.05, 3.63) is 0 Å². The zero-order chi connectivity index (χ0) is 12.7. The number of halogens is 1. The summed E-state index contributed by atoms with van der Waals surface area (Å²) in [5.74, 6) is 0.637. The highest BCUT2D eigenvalue weighted by atomic mass is 35.7. The van der Waals surface area contributed by atoms with E-state index in [4.69, 9.17) is 11.2 Å². The molecule has 0 radical (unpaired) electrons. The molecule has 0 saturated heterocycles. The largest absolute Gasteiger partial charge is 0.305 e. The van der Waals surface area contributed by atoms with Crippen LogP contribution in [0.3, 0.4) is 0 Å². The lowest BCUT2D eigenvalue weighted by molar-refractivity contribution is 0.407. The van der Waals surface area contributed by atoms with Crippen molar-refractivity contribution in [2.45, 2.75) is 65.7 Å². The second-order valence-corrected chi connectivity index (χ2v) is 10.9. The Bertz CT molecular complexity index is 243. The van der Waals surface area contributed by atoms with Gasteiger partial charge in [0.2, 0.25) is 0 Å². The van der Waals surface area contributed by atoms with Crippen molar-refractivity contribution in [3.8, 4) is 0 Å². The van der Waals surface area contributed by atoms with Crippen LogP contribution in [0.1, 0.15) is 55.4 Å². The number of rotatable bonds is 4. The molecule has 0 fully saturated rings. The smallest absolute Gasteiger partial charge is 0.180 e. The molecule has 0 aromatic carbocycles. The van der Waals surface area contributed by atoms with Crippen molar-refractivity contribution in [2.75, 3.05) is 0 Å². The average Bonchev–Trinajstić information content (AvgIpc) is 2.02. The van der Waals surface area contributed by atoms with Gasteiger partial charge < -0.3 is 4.57 Å². The van der Waals surface area contributed by atoms with Gasteiger partial charge in [-0.3, -0.25) is 0 Å². The predicted octanol–water partition coefficient (Wildman–Crippen LogP) is 5.37. The number of hydrogen-bond donors (Lipinski definition) is 0. The Hall–Kier alpha value is 0.520. The molecule has 0 aliphatic rings. The normalized spacial score (nSPS) is 15.1. The van der Waals surface area contributed by atoms with Crippen LogP contribution in [0.5, 0.6) is 0 Å². The molecule has 0 amide bonds. The van der Waals surface area contributed by atoms with E-state index in [0.29, 0.717) is 11.8 Å². The maximum atomic E-state index is 12.9. The lowest BCUT2D eigenvalue weighted by Gasteiger charge is -2.45. The van der Waals surface area contributed by atoms with Gasteiger partial charge in [0.05, 0.1) is 0 Å². The summed E-state index contributed by atoms with van der Waals surface area (Å²) in [5, 5.41) is -0.634. The first-order chi connectivity index (χ1) is 6.39. The molecule has 0 aromatic rings. The van der Waals surface area contributed by atoms with Gasteiger partial charge in [0.25, 0.3) is 0 Å². The summed E-state index contributed by atoms with van der Waals surface area (Å²) in [4.78, 5) is 0. The van der Waals surface area contributed by atoms with Crippen LogP contribution in [-0.2, 0) is 4.57 Å². The molecule has 0 aliphatic carbocycles. The molecule has 0 aliphatic heterocycles. The molecular weight excluding hydrogens is 227 g/mol. The molecule has 0 atom stereocenters. The Morgan fingerprint density at radius 3 is 1.20 bits per heavy atom. The van der Waals surface area contributed by atoms with Crippen LogP contribution in [0, 0.1) is 11.8 Å². The minimum absolute atomic E-state index is 0.317. The summed E-state index contributed by atoms with van der Waals surface area (Å²) in [6.07, 6.45) is 0. The lowest BCUT2D eigenvalue weighted by atomic mass is 9.98. The van der Waals surface area contributed by atoms with Crippen molar-refractivity contribution in [2.24, 2.45) is 11.8 Å². The highest BCUT2D eigenvalue weighted by Crippen LogP contribution is 2.74. The van der Waals surface area contributed by atoms with Crippen LogP contribution in [0.4, 0.5) is 0 Å². The van der Waals surface area contributed by atoms with Crippen LogP contribution >= 0.6 is 17.7 Å².